The number of thioether (sulfide) groups is 1. The maximum Gasteiger partial charge on any atom is 0.119 e. The first kappa shape index (κ1) is 13.0. The summed E-state index contributed by atoms with van der Waals surface area (Å²) < 4.78 is 6.76. The molecular formula is C15H14BrNOS. The first-order chi connectivity index (χ1) is 9.29. The normalized spacial score (nSPS) is 14.4. The van der Waals surface area contributed by atoms with Gasteiger partial charge in [0.2, 0.25) is 0 Å². The molecule has 4 heteroatoms. The van der Waals surface area contributed by atoms with Gasteiger partial charge in [0.15, 0.2) is 0 Å². The molecule has 1 aromatic carbocycles. The van der Waals surface area contributed by atoms with Crippen LogP contribution in [0, 0.1) is 0 Å². The van der Waals surface area contributed by atoms with Crippen LogP contribution in [0.5, 0.6) is 5.75 Å². The van der Waals surface area contributed by atoms with Crippen LogP contribution in [0.2, 0.25) is 0 Å². The van der Waals surface area contributed by atoms with Crippen LogP contribution in [-0.2, 0) is 5.75 Å². The molecule has 1 aromatic heterocycles. The van der Waals surface area contributed by atoms with Crippen LogP contribution >= 0.6 is 27.7 Å². The first-order valence-corrected chi connectivity index (χ1v) is 8.06. The molecular weight excluding hydrogens is 322 g/mol. The van der Waals surface area contributed by atoms with E-state index in [0.717, 1.165) is 16.0 Å². The lowest BCUT2D eigenvalue weighted by Gasteiger charge is -2.06. The smallest absolute Gasteiger partial charge is 0.119 e. The second-order valence-corrected chi connectivity index (χ2v) is 6.55. The summed E-state index contributed by atoms with van der Waals surface area (Å²) in [7, 11) is 0. The average molecular weight is 336 g/mol. The van der Waals surface area contributed by atoms with E-state index < -0.39 is 0 Å². The number of aromatic nitrogens is 1. The quantitative estimate of drug-likeness (QED) is 0.741. The average Bonchev–Trinajstić information content (AvgIpc) is 3.22. The van der Waals surface area contributed by atoms with Gasteiger partial charge in [-0.05, 0) is 64.7 Å². The van der Waals surface area contributed by atoms with E-state index in [1.165, 1.54) is 23.3 Å². The molecule has 0 atom stereocenters. The highest BCUT2D eigenvalue weighted by Crippen LogP contribution is 2.29. The molecule has 1 aliphatic rings. The lowest BCUT2D eigenvalue weighted by atomic mass is 10.3. The Hall–Kier alpha value is -1.00. The van der Waals surface area contributed by atoms with Crippen molar-refractivity contribution in [3.63, 3.8) is 0 Å². The van der Waals surface area contributed by atoms with Crippen molar-refractivity contribution in [2.24, 2.45) is 0 Å². The maximum atomic E-state index is 5.73. The van der Waals surface area contributed by atoms with E-state index in [-0.39, 0.29) is 0 Å². The Labute approximate surface area is 125 Å². The molecule has 3 rings (SSSR count). The SMILES string of the molecule is Brc1cncc(CSc2ccc(OC3CC3)cc2)c1. The van der Waals surface area contributed by atoms with Crippen molar-refractivity contribution in [2.75, 3.05) is 0 Å². The molecule has 1 fully saturated rings. The van der Waals surface area contributed by atoms with E-state index in [2.05, 4.69) is 51.2 Å². The summed E-state index contributed by atoms with van der Waals surface area (Å²) in [5.74, 6) is 1.91. The van der Waals surface area contributed by atoms with Gasteiger partial charge in [-0.15, -0.1) is 11.8 Å². The number of hydrogen-bond acceptors (Lipinski definition) is 3. The molecule has 1 aliphatic carbocycles. The highest BCUT2D eigenvalue weighted by molar-refractivity contribution is 9.10. The van der Waals surface area contributed by atoms with Gasteiger partial charge in [0, 0.05) is 27.5 Å². The molecule has 0 saturated heterocycles. The lowest BCUT2D eigenvalue weighted by molar-refractivity contribution is 0.303. The Morgan fingerprint density at radius 3 is 2.68 bits per heavy atom. The van der Waals surface area contributed by atoms with Gasteiger partial charge in [0.25, 0.3) is 0 Å². The van der Waals surface area contributed by atoms with Gasteiger partial charge in [-0.1, -0.05) is 0 Å². The largest absolute Gasteiger partial charge is 0.490 e. The van der Waals surface area contributed by atoms with Crippen molar-refractivity contribution in [3.05, 3.63) is 52.8 Å². The fourth-order valence-electron chi connectivity index (χ4n) is 1.69. The molecule has 19 heavy (non-hydrogen) atoms. The van der Waals surface area contributed by atoms with E-state index in [9.17, 15) is 0 Å². The van der Waals surface area contributed by atoms with Crippen molar-refractivity contribution in [1.29, 1.82) is 0 Å². The fraction of sp³-hybridized carbons (Fsp3) is 0.267. The van der Waals surface area contributed by atoms with Crippen LogP contribution in [0.1, 0.15) is 18.4 Å². The molecule has 2 aromatic rings. The summed E-state index contributed by atoms with van der Waals surface area (Å²) in [5.41, 5.74) is 1.22. The first-order valence-electron chi connectivity index (χ1n) is 6.28. The van der Waals surface area contributed by atoms with E-state index in [4.69, 9.17) is 4.74 Å². The van der Waals surface area contributed by atoms with Crippen molar-refractivity contribution in [3.8, 4) is 5.75 Å². The molecule has 1 heterocycles. The molecule has 0 spiro atoms. The molecule has 0 unspecified atom stereocenters. The van der Waals surface area contributed by atoms with Crippen molar-refractivity contribution in [1.82, 2.24) is 4.98 Å². The van der Waals surface area contributed by atoms with Crippen LogP contribution in [0.4, 0.5) is 0 Å². The second-order valence-electron chi connectivity index (χ2n) is 4.59. The molecule has 0 bridgehead atoms. The van der Waals surface area contributed by atoms with Gasteiger partial charge in [-0.3, -0.25) is 4.98 Å². The number of rotatable bonds is 5. The fourth-order valence-corrected chi connectivity index (χ4v) is 2.93. The molecule has 2 nitrogen and oxygen atoms in total. The molecule has 0 amide bonds. The Bertz CT molecular complexity index is 554. The number of pyridine rings is 1. The monoisotopic (exact) mass is 335 g/mol. The van der Waals surface area contributed by atoms with Gasteiger partial charge < -0.3 is 4.74 Å². The van der Waals surface area contributed by atoms with E-state index in [0.29, 0.717) is 6.10 Å². The molecule has 0 N–H and O–H groups in total. The van der Waals surface area contributed by atoms with Gasteiger partial charge in [-0.25, -0.2) is 0 Å². The van der Waals surface area contributed by atoms with E-state index in [1.54, 1.807) is 6.20 Å². The van der Waals surface area contributed by atoms with E-state index in [1.807, 2.05) is 18.0 Å². The predicted molar refractivity (Wildman–Crippen MR) is 81.6 cm³/mol. The van der Waals surface area contributed by atoms with Gasteiger partial charge in [0.05, 0.1) is 6.10 Å². The summed E-state index contributed by atoms with van der Waals surface area (Å²) in [6.45, 7) is 0. The zero-order valence-electron chi connectivity index (χ0n) is 10.4. The summed E-state index contributed by atoms with van der Waals surface area (Å²) in [6.07, 6.45) is 6.57. The summed E-state index contributed by atoms with van der Waals surface area (Å²) in [4.78, 5) is 5.42. The Balaban J connectivity index is 1.57. The number of benzene rings is 1. The van der Waals surface area contributed by atoms with Crippen LogP contribution in [-0.4, -0.2) is 11.1 Å². The Kier molecular flexibility index (Phi) is 4.09. The standard InChI is InChI=1S/C15H14BrNOS/c16-12-7-11(8-17-9-12)10-19-15-5-3-14(4-6-15)18-13-1-2-13/h3-9,13H,1-2,10H2. The van der Waals surface area contributed by atoms with Crippen molar-refractivity contribution < 1.29 is 4.74 Å². The number of ether oxygens (including phenoxy) is 1. The zero-order valence-corrected chi connectivity index (χ0v) is 12.8. The third-order valence-electron chi connectivity index (χ3n) is 2.82. The molecule has 1 saturated carbocycles. The van der Waals surface area contributed by atoms with E-state index >= 15 is 0 Å². The predicted octanol–water partition coefficient (Wildman–Crippen LogP) is 4.68. The zero-order chi connectivity index (χ0) is 13.1. The minimum atomic E-state index is 0.464. The molecule has 0 aliphatic heterocycles. The minimum Gasteiger partial charge on any atom is -0.490 e. The third kappa shape index (κ3) is 3.98. The Morgan fingerprint density at radius 1 is 1.21 bits per heavy atom. The van der Waals surface area contributed by atoms with Crippen LogP contribution in [0.15, 0.2) is 52.1 Å². The summed E-state index contributed by atoms with van der Waals surface area (Å²) in [5, 5.41) is 0. The van der Waals surface area contributed by atoms with Crippen molar-refractivity contribution in [2.45, 2.75) is 29.6 Å². The number of nitrogens with zero attached hydrogens (tertiary/aromatic N) is 1. The lowest BCUT2D eigenvalue weighted by Crippen LogP contribution is -1.94. The highest BCUT2D eigenvalue weighted by atomic mass is 79.9. The van der Waals surface area contributed by atoms with Crippen LogP contribution < -0.4 is 4.74 Å². The van der Waals surface area contributed by atoms with Crippen LogP contribution in [0.25, 0.3) is 0 Å². The van der Waals surface area contributed by atoms with Gasteiger partial charge in [0.1, 0.15) is 5.75 Å². The Morgan fingerprint density at radius 2 is 2.00 bits per heavy atom. The summed E-state index contributed by atoms with van der Waals surface area (Å²) in [6, 6.07) is 10.5. The highest BCUT2D eigenvalue weighted by Gasteiger charge is 2.23. The minimum absolute atomic E-state index is 0.464. The van der Waals surface area contributed by atoms with Gasteiger partial charge >= 0.3 is 0 Å². The van der Waals surface area contributed by atoms with Crippen molar-refractivity contribution >= 4 is 27.7 Å². The topological polar surface area (TPSA) is 22.1 Å². The van der Waals surface area contributed by atoms with Crippen LogP contribution in [0.3, 0.4) is 0 Å². The number of halogens is 1. The third-order valence-corrected chi connectivity index (χ3v) is 4.33. The number of hydrogen-bond donors (Lipinski definition) is 0. The molecule has 0 radical (unpaired) electrons. The van der Waals surface area contributed by atoms with Gasteiger partial charge in [-0.2, -0.15) is 0 Å². The maximum absolute atomic E-state index is 5.73. The summed E-state index contributed by atoms with van der Waals surface area (Å²) >= 11 is 5.25. The second kappa shape index (κ2) is 5.97. The molecule has 98 valence electrons.